The summed E-state index contributed by atoms with van der Waals surface area (Å²) in [5.74, 6) is 0.0367. The Balaban J connectivity index is 2.14. The molecule has 3 rings (SSSR count). The number of nitrogens with zero attached hydrogens (tertiary/aromatic N) is 2. The van der Waals surface area contributed by atoms with E-state index in [0.29, 0.717) is 6.54 Å². The van der Waals surface area contributed by atoms with Gasteiger partial charge < -0.3 is 5.32 Å². The van der Waals surface area contributed by atoms with Gasteiger partial charge in [0.25, 0.3) is 5.91 Å². The number of benzene rings is 1. The lowest BCUT2D eigenvalue weighted by Gasteiger charge is -2.29. The molecule has 1 aromatic heterocycles. The summed E-state index contributed by atoms with van der Waals surface area (Å²) < 4.78 is 0. The average Bonchev–Trinajstić information content (AvgIpc) is 2.57. The Bertz CT molecular complexity index is 696. The monoisotopic (exact) mass is 297 g/mol. The van der Waals surface area contributed by atoms with Crippen LogP contribution in [0.4, 0.5) is 0 Å². The van der Waals surface area contributed by atoms with Crippen molar-refractivity contribution in [2.45, 2.75) is 33.2 Å². The van der Waals surface area contributed by atoms with Crippen molar-refractivity contribution in [1.29, 1.82) is 0 Å². The van der Waals surface area contributed by atoms with Crippen molar-refractivity contribution in [3.05, 3.63) is 41.1 Å². The molecule has 4 nitrogen and oxygen atoms in total. The van der Waals surface area contributed by atoms with E-state index in [1.807, 2.05) is 24.3 Å². The molecule has 0 saturated carbocycles. The number of nitrogens with one attached hydrogen (secondary N) is 1. The number of aromatic nitrogens is 1. The number of fused-ring (bicyclic) bond motifs is 2. The highest BCUT2D eigenvalue weighted by atomic mass is 16.1. The third-order valence-corrected chi connectivity index (χ3v) is 4.34. The van der Waals surface area contributed by atoms with E-state index >= 15 is 0 Å². The van der Waals surface area contributed by atoms with Crippen molar-refractivity contribution in [1.82, 2.24) is 15.2 Å². The van der Waals surface area contributed by atoms with Crippen LogP contribution in [0.2, 0.25) is 0 Å². The molecule has 0 bridgehead atoms. The van der Waals surface area contributed by atoms with Crippen molar-refractivity contribution in [2.24, 2.45) is 0 Å². The molecular weight excluding hydrogens is 274 g/mol. The van der Waals surface area contributed by atoms with Gasteiger partial charge in [-0.1, -0.05) is 32.0 Å². The molecule has 4 heteroatoms. The molecule has 1 amide bonds. The number of amides is 1. The molecule has 22 heavy (non-hydrogen) atoms. The highest BCUT2D eigenvalue weighted by Gasteiger charge is 2.24. The molecule has 2 aromatic rings. The van der Waals surface area contributed by atoms with Crippen LogP contribution in [-0.4, -0.2) is 35.4 Å². The molecule has 2 heterocycles. The van der Waals surface area contributed by atoms with Gasteiger partial charge in [0.1, 0.15) is 0 Å². The molecule has 0 atom stereocenters. The fraction of sp³-hybridized carbons (Fsp3) is 0.444. The molecule has 1 aliphatic heterocycles. The zero-order chi connectivity index (χ0) is 15.5. The first-order valence-corrected chi connectivity index (χ1v) is 8.15. The molecule has 0 fully saturated rings. The molecule has 0 aliphatic carbocycles. The summed E-state index contributed by atoms with van der Waals surface area (Å²) in [4.78, 5) is 19.9. The zero-order valence-electron chi connectivity index (χ0n) is 13.4. The fourth-order valence-corrected chi connectivity index (χ4v) is 3.10. The Morgan fingerprint density at radius 1 is 1.32 bits per heavy atom. The first-order valence-electron chi connectivity index (χ1n) is 8.15. The van der Waals surface area contributed by atoms with E-state index in [1.165, 1.54) is 0 Å². The minimum atomic E-state index is 0.0367. The van der Waals surface area contributed by atoms with Gasteiger partial charge in [0.2, 0.25) is 0 Å². The highest BCUT2D eigenvalue weighted by Crippen LogP contribution is 2.28. The second kappa shape index (κ2) is 6.44. The Morgan fingerprint density at radius 3 is 2.91 bits per heavy atom. The van der Waals surface area contributed by atoms with Crippen LogP contribution < -0.4 is 5.32 Å². The predicted octanol–water partition coefficient (Wildman–Crippen LogP) is 2.75. The molecule has 0 spiro atoms. The van der Waals surface area contributed by atoms with Crippen LogP contribution in [-0.2, 0) is 13.0 Å². The molecule has 1 aromatic carbocycles. The Morgan fingerprint density at radius 2 is 2.14 bits per heavy atom. The van der Waals surface area contributed by atoms with E-state index in [9.17, 15) is 4.79 Å². The second-order valence-electron chi connectivity index (χ2n) is 5.80. The number of hydrogen-bond donors (Lipinski definition) is 1. The van der Waals surface area contributed by atoms with Gasteiger partial charge >= 0.3 is 0 Å². The lowest BCUT2D eigenvalue weighted by Crippen LogP contribution is -2.34. The van der Waals surface area contributed by atoms with Crippen molar-refractivity contribution in [3.8, 4) is 0 Å². The maximum atomic E-state index is 12.7. The topological polar surface area (TPSA) is 45.2 Å². The van der Waals surface area contributed by atoms with Gasteiger partial charge in [-0.05, 0) is 19.0 Å². The predicted molar refractivity (Wildman–Crippen MR) is 89.0 cm³/mol. The van der Waals surface area contributed by atoms with Crippen LogP contribution in [0, 0.1) is 0 Å². The Hall–Kier alpha value is -1.94. The van der Waals surface area contributed by atoms with Crippen LogP contribution in [0.5, 0.6) is 0 Å². The molecule has 0 unspecified atom stereocenters. The lowest BCUT2D eigenvalue weighted by molar-refractivity contribution is 0.0952. The molecule has 0 saturated heterocycles. The average molecular weight is 297 g/mol. The number of likely N-dealkylation sites (N-methyl/N-ethyl adjacent to an activating group) is 1. The summed E-state index contributed by atoms with van der Waals surface area (Å²) in [5.41, 5.74) is 3.95. The minimum Gasteiger partial charge on any atom is -0.352 e. The number of carbonyl (C=O) groups excluding carboxylic acids is 1. The third-order valence-electron chi connectivity index (χ3n) is 4.34. The summed E-state index contributed by atoms with van der Waals surface area (Å²) in [6.45, 7) is 7.78. The summed E-state index contributed by atoms with van der Waals surface area (Å²) in [6, 6.07) is 7.97. The van der Waals surface area contributed by atoms with Gasteiger partial charge in [-0.2, -0.15) is 0 Å². The summed E-state index contributed by atoms with van der Waals surface area (Å²) in [6.07, 6.45) is 1.86. The smallest absolute Gasteiger partial charge is 0.252 e. The molecular formula is C18H23N3O. The van der Waals surface area contributed by atoms with Gasteiger partial charge in [-0.15, -0.1) is 0 Å². The SMILES string of the molecule is CCCNC(=O)c1c2c(nc3ccccc13)CCN(CC)C2. The van der Waals surface area contributed by atoms with E-state index in [1.54, 1.807) is 0 Å². The largest absolute Gasteiger partial charge is 0.352 e. The molecule has 0 radical (unpaired) electrons. The summed E-state index contributed by atoms with van der Waals surface area (Å²) in [5, 5.41) is 4.00. The number of pyridine rings is 1. The van der Waals surface area contributed by atoms with Gasteiger partial charge in [-0.3, -0.25) is 14.7 Å². The highest BCUT2D eigenvalue weighted by molar-refractivity contribution is 6.07. The molecule has 1 N–H and O–H groups in total. The Kier molecular flexibility index (Phi) is 4.39. The summed E-state index contributed by atoms with van der Waals surface area (Å²) >= 11 is 0. The van der Waals surface area contributed by atoms with Crippen molar-refractivity contribution >= 4 is 16.8 Å². The van der Waals surface area contributed by atoms with Crippen molar-refractivity contribution in [2.75, 3.05) is 19.6 Å². The van der Waals surface area contributed by atoms with Crippen LogP contribution >= 0.6 is 0 Å². The normalized spacial score (nSPS) is 14.8. The maximum Gasteiger partial charge on any atom is 0.252 e. The van der Waals surface area contributed by atoms with E-state index in [4.69, 9.17) is 4.98 Å². The van der Waals surface area contributed by atoms with Crippen LogP contribution in [0.25, 0.3) is 10.9 Å². The lowest BCUT2D eigenvalue weighted by atomic mass is 9.95. The quantitative estimate of drug-likeness (QED) is 0.944. The standard InChI is InChI=1S/C18H23N3O/c1-3-10-19-18(22)17-13-7-5-6-8-15(13)20-16-9-11-21(4-2)12-14(16)17/h5-8H,3-4,9-12H2,1-2H3,(H,19,22). The first-order chi connectivity index (χ1) is 10.7. The Labute approximate surface area is 131 Å². The van der Waals surface area contributed by atoms with Gasteiger partial charge in [0, 0.05) is 42.7 Å². The first kappa shape index (κ1) is 15.0. The third kappa shape index (κ3) is 2.71. The number of rotatable bonds is 4. The van der Waals surface area contributed by atoms with Crippen LogP contribution in [0.3, 0.4) is 0 Å². The van der Waals surface area contributed by atoms with Crippen LogP contribution in [0.15, 0.2) is 24.3 Å². The van der Waals surface area contributed by atoms with E-state index in [-0.39, 0.29) is 5.91 Å². The van der Waals surface area contributed by atoms with E-state index in [2.05, 4.69) is 24.1 Å². The second-order valence-corrected chi connectivity index (χ2v) is 5.80. The number of hydrogen-bond acceptors (Lipinski definition) is 3. The zero-order valence-corrected chi connectivity index (χ0v) is 13.4. The van der Waals surface area contributed by atoms with Crippen LogP contribution in [0.1, 0.15) is 41.9 Å². The fourth-order valence-electron chi connectivity index (χ4n) is 3.10. The van der Waals surface area contributed by atoms with Gasteiger partial charge in [0.15, 0.2) is 0 Å². The van der Waals surface area contributed by atoms with E-state index in [0.717, 1.165) is 60.2 Å². The summed E-state index contributed by atoms with van der Waals surface area (Å²) in [7, 11) is 0. The van der Waals surface area contributed by atoms with Crippen molar-refractivity contribution in [3.63, 3.8) is 0 Å². The van der Waals surface area contributed by atoms with E-state index < -0.39 is 0 Å². The molecule has 1 aliphatic rings. The van der Waals surface area contributed by atoms with Gasteiger partial charge in [-0.25, -0.2) is 0 Å². The minimum absolute atomic E-state index is 0.0367. The number of carbonyl (C=O) groups is 1. The molecule has 116 valence electrons. The van der Waals surface area contributed by atoms with Gasteiger partial charge in [0.05, 0.1) is 11.1 Å². The number of para-hydroxylation sites is 1. The maximum absolute atomic E-state index is 12.7. The van der Waals surface area contributed by atoms with Crippen molar-refractivity contribution < 1.29 is 4.79 Å².